The number of hydrogen-bond acceptors (Lipinski definition) is 3. The summed E-state index contributed by atoms with van der Waals surface area (Å²) < 4.78 is 6.76. The van der Waals surface area contributed by atoms with Crippen molar-refractivity contribution in [2.75, 3.05) is 0 Å². The Labute approximate surface area is 206 Å². The van der Waals surface area contributed by atoms with Gasteiger partial charge in [0.15, 0.2) is 0 Å². The van der Waals surface area contributed by atoms with Crippen molar-refractivity contribution in [3.8, 4) is 0 Å². The van der Waals surface area contributed by atoms with Gasteiger partial charge in [-0.05, 0) is 0 Å². The number of ketones is 2. The van der Waals surface area contributed by atoms with Gasteiger partial charge in [0.05, 0.1) is 0 Å². The van der Waals surface area contributed by atoms with Crippen LogP contribution in [0.1, 0.15) is 33.7 Å². The molecule has 0 spiro atoms. The molecule has 0 aliphatic rings. The van der Waals surface area contributed by atoms with E-state index in [2.05, 4.69) is 12.1 Å². The van der Waals surface area contributed by atoms with Gasteiger partial charge < -0.3 is 0 Å². The molecular weight excluding hydrogens is 487 g/mol. The number of rotatable bonds is 10. The van der Waals surface area contributed by atoms with Gasteiger partial charge in [-0.25, -0.2) is 0 Å². The van der Waals surface area contributed by atoms with E-state index in [1.54, 1.807) is 18.4 Å². The molecule has 1 unspecified atom stereocenters. The van der Waals surface area contributed by atoms with Crippen molar-refractivity contribution in [2.24, 2.45) is 5.92 Å². The van der Waals surface area contributed by atoms with Crippen LogP contribution in [-0.2, 0) is 4.79 Å². The molecule has 1 heterocycles. The van der Waals surface area contributed by atoms with Gasteiger partial charge in [-0.1, -0.05) is 0 Å². The molecule has 0 aliphatic heterocycles. The van der Waals surface area contributed by atoms with E-state index in [1.165, 1.54) is 4.46 Å². The summed E-state index contributed by atoms with van der Waals surface area (Å²) in [6.45, 7) is 1.98. The third kappa shape index (κ3) is 6.11. The van der Waals surface area contributed by atoms with Crippen molar-refractivity contribution >= 4 is 42.6 Å². The van der Waals surface area contributed by atoms with Crippen LogP contribution >= 0.6 is 0 Å². The zero-order valence-corrected chi connectivity index (χ0v) is 20.7. The fourth-order valence-corrected chi connectivity index (χ4v) is 5.70. The number of carbonyl (C=O) groups is 2. The van der Waals surface area contributed by atoms with Crippen LogP contribution in [0.4, 0.5) is 0 Å². The molecule has 0 fully saturated rings. The van der Waals surface area contributed by atoms with Crippen LogP contribution in [-0.4, -0.2) is 26.5 Å². The molecule has 1 aromatic heterocycles. The zero-order chi connectivity index (χ0) is 23.8. The molecule has 34 heavy (non-hydrogen) atoms. The van der Waals surface area contributed by atoms with Crippen LogP contribution in [0.25, 0.3) is 11.6 Å². The van der Waals surface area contributed by atoms with E-state index in [4.69, 9.17) is 4.42 Å². The van der Waals surface area contributed by atoms with Crippen molar-refractivity contribution < 1.29 is 14.0 Å². The molecule has 4 heteroatoms. The maximum absolute atomic E-state index is 14.0. The van der Waals surface area contributed by atoms with Gasteiger partial charge in [0, 0.05) is 0 Å². The summed E-state index contributed by atoms with van der Waals surface area (Å²) in [5, 5.41) is 0.799. The van der Waals surface area contributed by atoms with E-state index in [-0.39, 0.29) is 26.5 Å². The molecular formula is C30H26O3Se. The first-order valence-corrected chi connectivity index (χ1v) is 13.3. The average Bonchev–Trinajstić information content (AvgIpc) is 3.39. The number of hydrogen-bond donors (Lipinski definition) is 0. The molecule has 0 saturated carbocycles. The van der Waals surface area contributed by atoms with E-state index in [0.29, 0.717) is 23.3 Å². The standard InChI is InChI=1S/C30H26O3Se/c1-22-14-16-24(17-15-22)29(31)27(18-20-34-26-12-6-3-7-13-26)30(32)28(21-25-11-8-19-33-25)23-9-4-2-5-10-23/h2-17,19,21,27H,18,20H2,1H3/b28-21+. The van der Waals surface area contributed by atoms with Gasteiger partial charge in [0.2, 0.25) is 0 Å². The molecule has 3 nitrogen and oxygen atoms in total. The molecule has 0 N–H and O–H groups in total. The topological polar surface area (TPSA) is 47.3 Å². The molecule has 170 valence electrons. The quantitative estimate of drug-likeness (QED) is 0.113. The maximum atomic E-state index is 14.0. The Hall–Kier alpha value is -3.46. The molecule has 4 rings (SSSR count). The Morgan fingerprint density at radius 2 is 1.50 bits per heavy atom. The van der Waals surface area contributed by atoms with Crippen molar-refractivity contribution in [1.82, 2.24) is 0 Å². The SMILES string of the molecule is Cc1ccc(C(=O)C(CC[Se]c2ccccc2)C(=O)/C(=C/c2ccco2)c2ccccc2)cc1. The van der Waals surface area contributed by atoms with Crippen molar-refractivity contribution in [2.45, 2.75) is 18.7 Å². The summed E-state index contributed by atoms with van der Waals surface area (Å²) in [5.41, 5.74) is 2.92. The second kappa shape index (κ2) is 11.6. The van der Waals surface area contributed by atoms with E-state index < -0.39 is 5.92 Å². The third-order valence-electron chi connectivity index (χ3n) is 5.57. The first kappa shape index (κ1) is 23.7. The summed E-state index contributed by atoms with van der Waals surface area (Å²) in [4.78, 5) is 27.6. The number of benzene rings is 3. The van der Waals surface area contributed by atoms with Crippen LogP contribution in [0.2, 0.25) is 5.32 Å². The minimum absolute atomic E-state index is 0.130. The van der Waals surface area contributed by atoms with E-state index in [0.717, 1.165) is 16.4 Å². The first-order valence-electron chi connectivity index (χ1n) is 11.3. The van der Waals surface area contributed by atoms with Crippen molar-refractivity contribution in [3.05, 3.63) is 126 Å². The summed E-state index contributed by atoms with van der Waals surface area (Å²) in [7, 11) is 0. The normalized spacial score (nSPS) is 12.3. The average molecular weight is 513 g/mol. The minimum atomic E-state index is -0.755. The van der Waals surface area contributed by atoms with Gasteiger partial charge in [0.1, 0.15) is 0 Å². The first-order chi connectivity index (χ1) is 16.6. The van der Waals surface area contributed by atoms with Crippen molar-refractivity contribution in [1.29, 1.82) is 0 Å². The predicted octanol–water partition coefficient (Wildman–Crippen LogP) is 6.03. The van der Waals surface area contributed by atoms with Crippen LogP contribution in [0.5, 0.6) is 0 Å². The van der Waals surface area contributed by atoms with Gasteiger partial charge >= 0.3 is 207 Å². The number of aryl methyl sites for hydroxylation is 1. The molecule has 0 radical (unpaired) electrons. The molecule has 0 bridgehead atoms. The Morgan fingerprint density at radius 3 is 2.15 bits per heavy atom. The molecule has 3 aromatic carbocycles. The molecule has 1 atom stereocenters. The summed E-state index contributed by atoms with van der Waals surface area (Å²) in [5.74, 6) is -0.468. The number of furan rings is 1. The molecule has 4 aromatic rings. The van der Waals surface area contributed by atoms with Crippen molar-refractivity contribution in [3.63, 3.8) is 0 Å². The third-order valence-corrected chi connectivity index (χ3v) is 7.76. The van der Waals surface area contributed by atoms with Crippen LogP contribution in [0, 0.1) is 12.8 Å². The summed E-state index contributed by atoms with van der Waals surface area (Å²) in [6, 6.07) is 30.8. The van der Waals surface area contributed by atoms with Crippen LogP contribution < -0.4 is 4.46 Å². The van der Waals surface area contributed by atoms with E-state index in [1.807, 2.05) is 85.8 Å². The molecule has 0 aliphatic carbocycles. The Kier molecular flexibility index (Phi) is 8.08. The summed E-state index contributed by atoms with van der Waals surface area (Å²) >= 11 is 0.185. The van der Waals surface area contributed by atoms with E-state index >= 15 is 0 Å². The Morgan fingerprint density at radius 1 is 0.824 bits per heavy atom. The monoisotopic (exact) mass is 514 g/mol. The number of carbonyl (C=O) groups excluding carboxylic acids is 2. The fraction of sp³-hybridized carbons (Fsp3) is 0.133. The fourth-order valence-electron chi connectivity index (χ4n) is 3.73. The number of Topliss-reactive ketones (excluding diaryl/α,β-unsaturated/α-hetero) is 2. The van der Waals surface area contributed by atoms with Gasteiger partial charge in [-0.2, -0.15) is 0 Å². The molecule has 0 amide bonds. The van der Waals surface area contributed by atoms with Gasteiger partial charge in [0.25, 0.3) is 0 Å². The number of allylic oxidation sites excluding steroid dienone is 1. The van der Waals surface area contributed by atoms with Gasteiger partial charge in [-0.3, -0.25) is 0 Å². The van der Waals surface area contributed by atoms with Crippen LogP contribution in [0.15, 0.2) is 108 Å². The second-order valence-electron chi connectivity index (χ2n) is 8.04. The second-order valence-corrected chi connectivity index (χ2v) is 10.5. The van der Waals surface area contributed by atoms with Gasteiger partial charge in [-0.15, -0.1) is 0 Å². The Bertz CT molecular complexity index is 1240. The zero-order valence-electron chi connectivity index (χ0n) is 19.0. The van der Waals surface area contributed by atoms with Crippen LogP contribution in [0.3, 0.4) is 0 Å². The summed E-state index contributed by atoms with van der Waals surface area (Å²) in [6.07, 6.45) is 3.83. The molecule has 0 saturated heterocycles. The predicted molar refractivity (Wildman–Crippen MR) is 138 cm³/mol. The Balaban J connectivity index is 1.66. The van der Waals surface area contributed by atoms with E-state index in [9.17, 15) is 9.59 Å².